The number of Topliss-reactive ketones (excluding diaryl/α,β-unsaturated/α-hetero) is 1. The number of hydrogen-bond acceptors (Lipinski definition) is 2. The second-order valence-electron chi connectivity index (χ2n) is 3.54. The van der Waals surface area contributed by atoms with E-state index in [4.69, 9.17) is 5.73 Å². The van der Waals surface area contributed by atoms with Crippen LogP contribution in [0.15, 0.2) is 29.8 Å². The van der Waals surface area contributed by atoms with E-state index in [2.05, 4.69) is 0 Å². The summed E-state index contributed by atoms with van der Waals surface area (Å²) in [4.78, 5) is 10.8. The number of nitrogen functional groups attached to an aromatic ring is 1. The number of anilines is 1. The van der Waals surface area contributed by atoms with Gasteiger partial charge in [-0.1, -0.05) is 23.8 Å². The molecular formula is C12H15NO. The van der Waals surface area contributed by atoms with Crippen molar-refractivity contribution in [3.8, 4) is 0 Å². The Bertz CT molecular complexity index is 349. The number of benzene rings is 1. The summed E-state index contributed by atoms with van der Waals surface area (Å²) >= 11 is 0. The molecule has 0 unspecified atom stereocenters. The first-order chi connectivity index (χ1) is 6.58. The summed E-state index contributed by atoms with van der Waals surface area (Å²) in [5.41, 5.74) is 8.47. The zero-order valence-electron chi connectivity index (χ0n) is 8.58. The molecule has 0 saturated carbocycles. The molecule has 0 aliphatic heterocycles. The largest absolute Gasteiger partial charge is 0.399 e. The summed E-state index contributed by atoms with van der Waals surface area (Å²) < 4.78 is 0. The minimum absolute atomic E-state index is 0.189. The molecule has 0 aliphatic rings. The molecule has 2 heteroatoms. The number of carbonyl (C=O) groups is 1. The maximum Gasteiger partial charge on any atom is 0.133 e. The lowest BCUT2D eigenvalue weighted by atomic mass is 10.1. The van der Waals surface area contributed by atoms with Crippen molar-refractivity contribution >= 4 is 17.5 Å². The van der Waals surface area contributed by atoms with E-state index in [-0.39, 0.29) is 5.78 Å². The Balaban J connectivity index is 2.76. The molecule has 0 bridgehead atoms. The molecule has 1 aromatic carbocycles. The fourth-order valence-electron chi connectivity index (χ4n) is 1.32. The Labute approximate surface area is 84.4 Å². The number of allylic oxidation sites excluding steroid dienone is 1. The van der Waals surface area contributed by atoms with E-state index in [0.717, 1.165) is 16.8 Å². The molecule has 0 aliphatic carbocycles. The lowest BCUT2D eigenvalue weighted by molar-refractivity contribution is -0.116. The van der Waals surface area contributed by atoms with Gasteiger partial charge in [0.1, 0.15) is 5.78 Å². The van der Waals surface area contributed by atoms with Gasteiger partial charge in [0.25, 0.3) is 0 Å². The SMILES string of the molecule is CC(=O)C/C(C)=C\c1ccc(N)cc1. The molecule has 2 N–H and O–H groups in total. The molecule has 1 rings (SSSR count). The third-order valence-electron chi connectivity index (χ3n) is 1.88. The van der Waals surface area contributed by atoms with Crippen molar-refractivity contribution in [2.45, 2.75) is 20.3 Å². The number of hydrogen-bond donors (Lipinski definition) is 1. The van der Waals surface area contributed by atoms with Crippen LogP contribution in [0, 0.1) is 0 Å². The van der Waals surface area contributed by atoms with Crippen molar-refractivity contribution < 1.29 is 4.79 Å². The summed E-state index contributed by atoms with van der Waals surface area (Å²) in [7, 11) is 0. The van der Waals surface area contributed by atoms with E-state index < -0.39 is 0 Å². The van der Waals surface area contributed by atoms with Crippen molar-refractivity contribution in [1.29, 1.82) is 0 Å². The van der Waals surface area contributed by atoms with Gasteiger partial charge in [-0.2, -0.15) is 0 Å². The van der Waals surface area contributed by atoms with Crippen LogP contribution in [0.1, 0.15) is 25.8 Å². The molecule has 0 saturated heterocycles. The minimum atomic E-state index is 0.189. The summed E-state index contributed by atoms with van der Waals surface area (Å²) in [5.74, 6) is 0.189. The lowest BCUT2D eigenvalue weighted by Gasteiger charge is -1.99. The average molecular weight is 189 g/mol. The fourth-order valence-corrected chi connectivity index (χ4v) is 1.32. The molecule has 14 heavy (non-hydrogen) atoms. The van der Waals surface area contributed by atoms with Crippen LogP contribution < -0.4 is 5.73 Å². The van der Waals surface area contributed by atoms with E-state index in [9.17, 15) is 4.79 Å². The Morgan fingerprint density at radius 3 is 2.36 bits per heavy atom. The highest BCUT2D eigenvalue weighted by molar-refractivity contribution is 5.79. The molecule has 0 atom stereocenters. The molecule has 0 spiro atoms. The first-order valence-corrected chi connectivity index (χ1v) is 4.60. The quantitative estimate of drug-likeness (QED) is 0.743. The fraction of sp³-hybridized carbons (Fsp3) is 0.250. The molecule has 0 amide bonds. The predicted molar refractivity (Wildman–Crippen MR) is 59.8 cm³/mol. The summed E-state index contributed by atoms with van der Waals surface area (Å²) in [6, 6.07) is 7.59. The maximum absolute atomic E-state index is 10.8. The van der Waals surface area contributed by atoms with Gasteiger partial charge in [-0.05, 0) is 31.5 Å². The molecule has 2 nitrogen and oxygen atoms in total. The summed E-state index contributed by atoms with van der Waals surface area (Å²) in [5, 5.41) is 0. The van der Waals surface area contributed by atoms with Crippen LogP contribution in [0.25, 0.3) is 6.08 Å². The van der Waals surface area contributed by atoms with E-state index in [0.29, 0.717) is 6.42 Å². The zero-order valence-corrected chi connectivity index (χ0v) is 8.58. The van der Waals surface area contributed by atoms with Crippen LogP contribution >= 0.6 is 0 Å². The van der Waals surface area contributed by atoms with E-state index in [1.54, 1.807) is 6.92 Å². The molecule has 1 aromatic rings. The van der Waals surface area contributed by atoms with Crippen LogP contribution in [0.2, 0.25) is 0 Å². The first-order valence-electron chi connectivity index (χ1n) is 4.60. The Hall–Kier alpha value is -1.57. The van der Waals surface area contributed by atoms with Crippen LogP contribution in [0.4, 0.5) is 5.69 Å². The molecular weight excluding hydrogens is 174 g/mol. The average Bonchev–Trinajstić information content (AvgIpc) is 2.07. The van der Waals surface area contributed by atoms with Gasteiger partial charge in [0.15, 0.2) is 0 Å². The van der Waals surface area contributed by atoms with Gasteiger partial charge < -0.3 is 5.73 Å². The normalized spacial score (nSPS) is 11.4. The molecule has 0 fully saturated rings. The maximum atomic E-state index is 10.8. The van der Waals surface area contributed by atoms with Gasteiger partial charge in [-0.25, -0.2) is 0 Å². The Kier molecular flexibility index (Phi) is 3.46. The van der Waals surface area contributed by atoms with Gasteiger partial charge in [0.2, 0.25) is 0 Å². The molecule has 74 valence electrons. The second kappa shape index (κ2) is 4.61. The molecule has 0 aromatic heterocycles. The standard InChI is InChI=1S/C12H15NO/c1-9(7-10(2)14)8-11-3-5-12(13)6-4-11/h3-6,8H,7,13H2,1-2H3/b9-8-. The number of nitrogens with two attached hydrogens (primary N) is 1. The van der Waals surface area contributed by atoms with Crippen LogP contribution in [0.5, 0.6) is 0 Å². The second-order valence-corrected chi connectivity index (χ2v) is 3.54. The lowest BCUT2D eigenvalue weighted by Crippen LogP contribution is -1.90. The number of ketones is 1. The Morgan fingerprint density at radius 2 is 1.86 bits per heavy atom. The zero-order chi connectivity index (χ0) is 10.6. The molecule has 0 radical (unpaired) electrons. The van der Waals surface area contributed by atoms with E-state index in [1.807, 2.05) is 37.3 Å². The predicted octanol–water partition coefficient (Wildman–Crippen LogP) is 2.65. The Morgan fingerprint density at radius 1 is 1.29 bits per heavy atom. The topological polar surface area (TPSA) is 43.1 Å². The smallest absolute Gasteiger partial charge is 0.133 e. The van der Waals surface area contributed by atoms with Crippen molar-refractivity contribution in [2.75, 3.05) is 5.73 Å². The third-order valence-corrected chi connectivity index (χ3v) is 1.88. The van der Waals surface area contributed by atoms with Crippen molar-refractivity contribution in [1.82, 2.24) is 0 Å². The number of carbonyl (C=O) groups excluding carboxylic acids is 1. The highest BCUT2D eigenvalue weighted by Crippen LogP contribution is 2.11. The first kappa shape index (κ1) is 10.5. The third kappa shape index (κ3) is 3.44. The van der Waals surface area contributed by atoms with Gasteiger partial charge in [0.05, 0.1) is 0 Å². The van der Waals surface area contributed by atoms with Gasteiger partial charge in [-0.3, -0.25) is 4.79 Å². The highest BCUT2D eigenvalue weighted by atomic mass is 16.1. The minimum Gasteiger partial charge on any atom is -0.399 e. The van der Waals surface area contributed by atoms with Crippen LogP contribution in [-0.2, 0) is 4.79 Å². The summed E-state index contributed by atoms with van der Waals surface area (Å²) in [6.07, 6.45) is 2.52. The molecule has 0 heterocycles. The van der Waals surface area contributed by atoms with Crippen molar-refractivity contribution in [3.63, 3.8) is 0 Å². The van der Waals surface area contributed by atoms with Crippen LogP contribution in [-0.4, -0.2) is 5.78 Å². The van der Waals surface area contributed by atoms with Crippen LogP contribution in [0.3, 0.4) is 0 Å². The summed E-state index contributed by atoms with van der Waals surface area (Å²) in [6.45, 7) is 3.55. The number of rotatable bonds is 3. The van der Waals surface area contributed by atoms with E-state index >= 15 is 0 Å². The van der Waals surface area contributed by atoms with Gasteiger partial charge in [0, 0.05) is 12.1 Å². The highest BCUT2D eigenvalue weighted by Gasteiger charge is 1.95. The van der Waals surface area contributed by atoms with Gasteiger partial charge >= 0.3 is 0 Å². The van der Waals surface area contributed by atoms with Gasteiger partial charge in [-0.15, -0.1) is 0 Å². The van der Waals surface area contributed by atoms with Crippen molar-refractivity contribution in [2.24, 2.45) is 0 Å². The van der Waals surface area contributed by atoms with Crippen molar-refractivity contribution in [3.05, 3.63) is 35.4 Å². The monoisotopic (exact) mass is 189 g/mol. The van der Waals surface area contributed by atoms with E-state index in [1.165, 1.54) is 0 Å².